The quantitative estimate of drug-likeness (QED) is 0.469. The number of methoxy groups -OCH3 is 1. The molecule has 182 valence electrons. The molecule has 2 aromatic rings. The highest BCUT2D eigenvalue weighted by Gasteiger charge is 2.38. The van der Waals surface area contributed by atoms with Gasteiger partial charge >= 0.3 is 0 Å². The standard InChI is InChI=1S/C27H34N2O5/c1-8-29(9-2)11-10-12-34-20-14-21(33-7)25(28-18(6)30)24-23(20)26(31)19-13-15(3)16(4)17(5)22(19)27(24)32/h13-14H,8-12H2,1-7H3,(H,28,30). The smallest absolute Gasteiger partial charge is 0.221 e. The Balaban J connectivity index is 2.15. The minimum Gasteiger partial charge on any atom is -0.494 e. The van der Waals surface area contributed by atoms with Crippen molar-refractivity contribution in [2.75, 3.05) is 38.7 Å². The minimum absolute atomic E-state index is 0.122. The van der Waals surface area contributed by atoms with Gasteiger partial charge in [-0.3, -0.25) is 14.4 Å². The molecule has 1 N–H and O–H groups in total. The molecule has 7 heteroatoms. The lowest BCUT2D eigenvalue weighted by atomic mass is 9.78. The van der Waals surface area contributed by atoms with E-state index in [1.165, 1.54) is 14.0 Å². The first-order valence-corrected chi connectivity index (χ1v) is 11.7. The van der Waals surface area contributed by atoms with Crippen molar-refractivity contribution in [1.29, 1.82) is 0 Å². The summed E-state index contributed by atoms with van der Waals surface area (Å²) in [6.45, 7) is 14.4. The molecule has 0 saturated carbocycles. The molecule has 0 bridgehead atoms. The fourth-order valence-electron chi connectivity index (χ4n) is 4.49. The Kier molecular flexibility index (Phi) is 7.77. The van der Waals surface area contributed by atoms with Gasteiger partial charge < -0.3 is 19.7 Å². The molecule has 0 saturated heterocycles. The number of nitrogens with zero attached hydrogens (tertiary/aromatic N) is 1. The van der Waals surface area contributed by atoms with E-state index in [2.05, 4.69) is 24.1 Å². The minimum atomic E-state index is -0.365. The average molecular weight is 467 g/mol. The summed E-state index contributed by atoms with van der Waals surface area (Å²) in [6, 6.07) is 3.36. The molecule has 0 aliphatic heterocycles. The van der Waals surface area contributed by atoms with Crippen molar-refractivity contribution < 1.29 is 23.9 Å². The number of aryl methyl sites for hydroxylation is 1. The fourth-order valence-corrected chi connectivity index (χ4v) is 4.49. The van der Waals surface area contributed by atoms with Gasteiger partial charge in [0.1, 0.15) is 11.5 Å². The third-order valence-corrected chi connectivity index (χ3v) is 6.63. The largest absolute Gasteiger partial charge is 0.494 e. The van der Waals surface area contributed by atoms with Crippen LogP contribution in [0.25, 0.3) is 0 Å². The van der Waals surface area contributed by atoms with Gasteiger partial charge in [0.25, 0.3) is 0 Å². The van der Waals surface area contributed by atoms with Crippen LogP contribution in [0.4, 0.5) is 5.69 Å². The molecule has 0 radical (unpaired) electrons. The highest BCUT2D eigenvalue weighted by atomic mass is 16.5. The number of rotatable bonds is 9. The van der Waals surface area contributed by atoms with Crippen molar-refractivity contribution >= 4 is 23.2 Å². The molecule has 2 aromatic carbocycles. The van der Waals surface area contributed by atoms with E-state index in [0.29, 0.717) is 23.5 Å². The van der Waals surface area contributed by atoms with E-state index in [9.17, 15) is 14.4 Å². The van der Waals surface area contributed by atoms with E-state index in [4.69, 9.17) is 9.47 Å². The van der Waals surface area contributed by atoms with Crippen LogP contribution in [0.1, 0.15) is 75.7 Å². The first-order chi connectivity index (χ1) is 16.2. The van der Waals surface area contributed by atoms with Crippen LogP contribution in [0.2, 0.25) is 0 Å². The van der Waals surface area contributed by atoms with Crippen LogP contribution in [-0.4, -0.2) is 55.7 Å². The second kappa shape index (κ2) is 10.4. The Bertz CT molecular complexity index is 1150. The number of nitrogens with one attached hydrogen (secondary N) is 1. The Morgan fingerprint density at radius 2 is 1.62 bits per heavy atom. The SMILES string of the molecule is CCN(CC)CCCOc1cc(OC)c(NC(C)=O)c2c1C(=O)c1cc(C)c(C)c(C)c1C2=O. The van der Waals surface area contributed by atoms with Gasteiger partial charge in [-0.1, -0.05) is 13.8 Å². The number of hydrogen-bond acceptors (Lipinski definition) is 6. The number of hydrogen-bond donors (Lipinski definition) is 1. The highest BCUT2D eigenvalue weighted by Crippen LogP contribution is 2.44. The van der Waals surface area contributed by atoms with Crippen LogP contribution in [-0.2, 0) is 4.79 Å². The Morgan fingerprint density at radius 1 is 0.941 bits per heavy atom. The van der Waals surface area contributed by atoms with Gasteiger partial charge in [0, 0.05) is 30.7 Å². The predicted octanol–water partition coefficient (Wildman–Crippen LogP) is 4.46. The molecule has 0 unspecified atom stereocenters. The van der Waals surface area contributed by atoms with E-state index in [0.717, 1.165) is 42.7 Å². The number of amides is 1. The van der Waals surface area contributed by atoms with Crippen LogP contribution in [0, 0.1) is 20.8 Å². The lowest BCUT2D eigenvalue weighted by molar-refractivity contribution is -0.114. The summed E-state index contributed by atoms with van der Waals surface area (Å²) in [4.78, 5) is 41.9. The molecule has 0 aromatic heterocycles. The van der Waals surface area contributed by atoms with Crippen LogP contribution < -0.4 is 14.8 Å². The summed E-state index contributed by atoms with van der Waals surface area (Å²) in [5.41, 5.74) is 3.89. The first kappa shape index (κ1) is 25.4. The fraction of sp³-hybridized carbons (Fsp3) is 0.444. The molecule has 7 nitrogen and oxygen atoms in total. The van der Waals surface area contributed by atoms with Gasteiger partial charge in [-0.05, 0) is 63.0 Å². The molecule has 0 spiro atoms. The van der Waals surface area contributed by atoms with Crippen LogP contribution in [0.5, 0.6) is 11.5 Å². The van der Waals surface area contributed by atoms with Gasteiger partial charge in [0.15, 0.2) is 11.6 Å². The van der Waals surface area contributed by atoms with Crippen molar-refractivity contribution in [3.8, 4) is 11.5 Å². The van der Waals surface area contributed by atoms with Gasteiger partial charge in [0.2, 0.25) is 5.91 Å². The molecular weight excluding hydrogens is 432 g/mol. The van der Waals surface area contributed by atoms with E-state index in [-0.39, 0.29) is 40.0 Å². The third kappa shape index (κ3) is 4.57. The second-order valence-corrected chi connectivity index (χ2v) is 8.64. The molecule has 1 aliphatic rings. The van der Waals surface area contributed by atoms with Crippen LogP contribution in [0.3, 0.4) is 0 Å². The number of carbonyl (C=O) groups is 3. The molecule has 0 heterocycles. The van der Waals surface area contributed by atoms with Crippen molar-refractivity contribution in [3.05, 3.63) is 51.1 Å². The van der Waals surface area contributed by atoms with Crippen LogP contribution >= 0.6 is 0 Å². The number of anilines is 1. The molecule has 1 amide bonds. The first-order valence-electron chi connectivity index (χ1n) is 11.7. The third-order valence-electron chi connectivity index (χ3n) is 6.63. The average Bonchev–Trinajstić information content (AvgIpc) is 2.80. The zero-order valence-corrected chi connectivity index (χ0v) is 21.2. The Morgan fingerprint density at radius 3 is 2.21 bits per heavy atom. The van der Waals surface area contributed by atoms with Crippen molar-refractivity contribution in [2.24, 2.45) is 0 Å². The summed E-state index contributed by atoms with van der Waals surface area (Å²) in [5, 5.41) is 2.71. The Labute approximate surface area is 201 Å². The van der Waals surface area contributed by atoms with Gasteiger partial charge in [-0.15, -0.1) is 0 Å². The maximum Gasteiger partial charge on any atom is 0.221 e. The maximum absolute atomic E-state index is 13.8. The zero-order chi connectivity index (χ0) is 25.2. The summed E-state index contributed by atoms with van der Waals surface area (Å²) >= 11 is 0. The van der Waals surface area contributed by atoms with E-state index in [1.807, 2.05) is 20.8 Å². The lowest BCUT2D eigenvalue weighted by Gasteiger charge is -2.27. The number of ether oxygens (including phenoxy) is 2. The molecule has 0 atom stereocenters. The monoisotopic (exact) mass is 466 g/mol. The highest BCUT2D eigenvalue weighted by molar-refractivity contribution is 6.32. The molecule has 3 rings (SSSR count). The van der Waals surface area contributed by atoms with Crippen molar-refractivity contribution in [1.82, 2.24) is 4.90 Å². The van der Waals surface area contributed by atoms with E-state index in [1.54, 1.807) is 12.1 Å². The van der Waals surface area contributed by atoms with Gasteiger partial charge in [-0.25, -0.2) is 0 Å². The van der Waals surface area contributed by atoms with Crippen LogP contribution in [0.15, 0.2) is 12.1 Å². The predicted molar refractivity (Wildman–Crippen MR) is 133 cm³/mol. The number of carbonyl (C=O) groups excluding carboxylic acids is 3. The van der Waals surface area contributed by atoms with E-state index >= 15 is 0 Å². The summed E-state index contributed by atoms with van der Waals surface area (Å²) < 4.78 is 11.6. The molecular formula is C27H34N2O5. The van der Waals surface area contributed by atoms with Gasteiger partial charge in [0.05, 0.1) is 30.5 Å². The lowest BCUT2D eigenvalue weighted by Crippen LogP contribution is -2.27. The van der Waals surface area contributed by atoms with Crippen molar-refractivity contribution in [2.45, 2.75) is 48.0 Å². The molecule has 34 heavy (non-hydrogen) atoms. The zero-order valence-electron chi connectivity index (χ0n) is 21.2. The summed E-state index contributed by atoms with van der Waals surface area (Å²) in [6.07, 6.45) is 0.766. The van der Waals surface area contributed by atoms with E-state index < -0.39 is 0 Å². The Hall–Kier alpha value is -3.19. The molecule has 0 fully saturated rings. The summed E-state index contributed by atoms with van der Waals surface area (Å²) in [7, 11) is 1.46. The normalized spacial score (nSPS) is 12.5. The summed E-state index contributed by atoms with van der Waals surface area (Å²) in [5.74, 6) is -0.403. The second-order valence-electron chi connectivity index (χ2n) is 8.64. The topological polar surface area (TPSA) is 84.9 Å². The number of ketones is 2. The van der Waals surface area contributed by atoms with Crippen molar-refractivity contribution in [3.63, 3.8) is 0 Å². The molecule has 1 aliphatic carbocycles. The maximum atomic E-state index is 13.8. The number of fused-ring (bicyclic) bond motifs is 2. The number of benzene rings is 2. The van der Waals surface area contributed by atoms with Gasteiger partial charge in [-0.2, -0.15) is 0 Å².